The summed E-state index contributed by atoms with van der Waals surface area (Å²) in [6.07, 6.45) is 0.934. The van der Waals surface area contributed by atoms with Gasteiger partial charge < -0.3 is 15.3 Å². The van der Waals surface area contributed by atoms with Crippen LogP contribution in [0, 0.1) is 5.82 Å². The molecule has 2 aromatic carbocycles. The minimum atomic E-state index is -1.08. The number of carboxylic acids is 1. The van der Waals surface area contributed by atoms with Crippen molar-refractivity contribution in [3.63, 3.8) is 0 Å². The van der Waals surface area contributed by atoms with Crippen LogP contribution < -0.4 is 10.2 Å². The molecule has 140 valence electrons. The van der Waals surface area contributed by atoms with Gasteiger partial charge in [0.05, 0.1) is 12.5 Å². The van der Waals surface area contributed by atoms with Crippen LogP contribution in [0.2, 0.25) is 0 Å². The number of aliphatic carboxylic acids is 1. The predicted molar refractivity (Wildman–Crippen MR) is 96.9 cm³/mol. The second kappa shape index (κ2) is 7.99. The largest absolute Gasteiger partial charge is 0.481 e. The molecule has 0 radical (unpaired) electrons. The van der Waals surface area contributed by atoms with Gasteiger partial charge >= 0.3 is 5.97 Å². The Kier molecular flexibility index (Phi) is 5.49. The van der Waals surface area contributed by atoms with Crippen molar-refractivity contribution < 1.29 is 23.9 Å². The van der Waals surface area contributed by atoms with Gasteiger partial charge in [-0.25, -0.2) is 4.39 Å². The molecule has 1 aliphatic heterocycles. The third kappa shape index (κ3) is 4.49. The number of carboxylic acid groups (broad SMARTS) is 1. The topological polar surface area (TPSA) is 86.7 Å². The van der Waals surface area contributed by atoms with Gasteiger partial charge in [-0.15, -0.1) is 0 Å². The number of hydrogen-bond donors (Lipinski definition) is 2. The first-order chi connectivity index (χ1) is 12.9. The highest BCUT2D eigenvalue weighted by atomic mass is 19.1. The monoisotopic (exact) mass is 370 g/mol. The fourth-order valence-corrected chi connectivity index (χ4v) is 3.10. The number of benzene rings is 2. The summed E-state index contributed by atoms with van der Waals surface area (Å²) < 4.78 is 13.1. The van der Waals surface area contributed by atoms with E-state index in [2.05, 4.69) is 5.32 Å². The molecule has 6 nitrogen and oxygen atoms in total. The van der Waals surface area contributed by atoms with Gasteiger partial charge in [-0.1, -0.05) is 18.2 Å². The quantitative estimate of drug-likeness (QED) is 0.819. The molecule has 2 N–H and O–H groups in total. The van der Waals surface area contributed by atoms with E-state index >= 15 is 0 Å². The molecule has 0 saturated carbocycles. The lowest BCUT2D eigenvalue weighted by Gasteiger charge is -2.19. The number of nitrogens with zero attached hydrogens (tertiary/aromatic N) is 1. The Bertz CT molecular complexity index is 867. The average Bonchev–Trinajstić information content (AvgIpc) is 3.07. The lowest BCUT2D eigenvalue weighted by molar-refractivity contribution is -0.137. The van der Waals surface area contributed by atoms with E-state index in [9.17, 15) is 18.8 Å². The van der Waals surface area contributed by atoms with E-state index in [0.717, 1.165) is 6.42 Å². The van der Waals surface area contributed by atoms with Gasteiger partial charge in [-0.3, -0.25) is 14.4 Å². The molecular weight excluding hydrogens is 351 g/mol. The van der Waals surface area contributed by atoms with E-state index < -0.39 is 23.7 Å². The standard InChI is InChI=1S/C20H19FN2O4/c21-15-8-6-13(7-9-15)17(12-19(25)26)22-20(27)14-3-1-4-16(11-14)23-10-2-5-18(23)24/h1,3-4,6-9,11,17H,2,5,10,12H2,(H,22,27)(H,25,26)/t17-/m0/s1. The van der Waals surface area contributed by atoms with Crippen molar-refractivity contribution in [3.05, 3.63) is 65.5 Å². The van der Waals surface area contributed by atoms with Crippen molar-refractivity contribution in [2.75, 3.05) is 11.4 Å². The molecule has 27 heavy (non-hydrogen) atoms. The van der Waals surface area contributed by atoms with Crippen LogP contribution in [0.15, 0.2) is 48.5 Å². The number of anilines is 1. The van der Waals surface area contributed by atoms with E-state index in [1.807, 2.05) is 0 Å². The van der Waals surface area contributed by atoms with E-state index in [1.165, 1.54) is 24.3 Å². The number of rotatable bonds is 6. The normalized spacial score (nSPS) is 14.9. The second-order valence-electron chi connectivity index (χ2n) is 6.37. The maximum Gasteiger partial charge on any atom is 0.305 e. The first-order valence-electron chi connectivity index (χ1n) is 8.62. The van der Waals surface area contributed by atoms with Crippen molar-refractivity contribution in [2.24, 2.45) is 0 Å². The minimum absolute atomic E-state index is 0.0163. The van der Waals surface area contributed by atoms with Gasteiger partial charge in [-0.05, 0) is 42.3 Å². The Morgan fingerprint density at radius 3 is 2.56 bits per heavy atom. The SMILES string of the molecule is O=C(O)C[C@H](NC(=O)c1cccc(N2CCCC2=O)c1)c1ccc(F)cc1. The summed E-state index contributed by atoms with van der Waals surface area (Å²) >= 11 is 0. The van der Waals surface area contributed by atoms with Crippen LogP contribution in [0.5, 0.6) is 0 Å². The molecule has 2 aromatic rings. The first kappa shape index (κ1) is 18.6. The van der Waals surface area contributed by atoms with E-state index in [1.54, 1.807) is 29.2 Å². The smallest absolute Gasteiger partial charge is 0.305 e. The number of hydrogen-bond acceptors (Lipinski definition) is 3. The third-order valence-corrected chi connectivity index (χ3v) is 4.45. The highest BCUT2D eigenvalue weighted by Crippen LogP contribution is 2.23. The number of carbonyl (C=O) groups excluding carboxylic acids is 2. The first-order valence-corrected chi connectivity index (χ1v) is 8.62. The van der Waals surface area contributed by atoms with Crippen LogP contribution in [-0.4, -0.2) is 29.4 Å². The van der Waals surface area contributed by atoms with Gasteiger partial charge in [0, 0.05) is 24.2 Å². The molecule has 0 spiro atoms. The molecule has 7 heteroatoms. The van der Waals surface area contributed by atoms with E-state index in [4.69, 9.17) is 5.11 Å². The molecule has 0 bridgehead atoms. The van der Waals surface area contributed by atoms with Crippen molar-refractivity contribution in [3.8, 4) is 0 Å². The molecule has 0 aromatic heterocycles. The molecule has 2 amide bonds. The van der Waals surface area contributed by atoms with Gasteiger partial charge in [0.25, 0.3) is 5.91 Å². The summed E-state index contributed by atoms with van der Waals surface area (Å²) in [6.45, 7) is 0.612. The summed E-state index contributed by atoms with van der Waals surface area (Å²) in [7, 11) is 0. The Balaban J connectivity index is 1.80. The molecule has 1 aliphatic rings. The average molecular weight is 370 g/mol. The fourth-order valence-electron chi connectivity index (χ4n) is 3.10. The van der Waals surface area contributed by atoms with Crippen molar-refractivity contribution in [1.29, 1.82) is 0 Å². The predicted octanol–water partition coefficient (Wildman–Crippen LogP) is 2.90. The lowest BCUT2D eigenvalue weighted by Crippen LogP contribution is -2.30. The Labute approximate surface area is 155 Å². The van der Waals surface area contributed by atoms with Crippen LogP contribution in [0.25, 0.3) is 0 Å². The van der Waals surface area contributed by atoms with Crippen LogP contribution >= 0.6 is 0 Å². The number of amides is 2. The van der Waals surface area contributed by atoms with Gasteiger partial charge in [0.15, 0.2) is 0 Å². The number of halogens is 1. The second-order valence-corrected chi connectivity index (χ2v) is 6.37. The zero-order valence-electron chi connectivity index (χ0n) is 14.5. The highest BCUT2D eigenvalue weighted by Gasteiger charge is 2.23. The highest BCUT2D eigenvalue weighted by molar-refractivity contribution is 5.99. The molecular formula is C20H19FN2O4. The van der Waals surface area contributed by atoms with Gasteiger partial charge in [0.2, 0.25) is 5.91 Å². The Morgan fingerprint density at radius 1 is 1.19 bits per heavy atom. The third-order valence-electron chi connectivity index (χ3n) is 4.45. The maximum absolute atomic E-state index is 13.1. The summed E-state index contributed by atoms with van der Waals surface area (Å²) in [5.41, 5.74) is 1.46. The molecule has 1 fully saturated rings. The number of nitrogens with one attached hydrogen (secondary N) is 1. The van der Waals surface area contributed by atoms with Gasteiger partial charge in [0.1, 0.15) is 5.82 Å². The molecule has 0 aliphatic carbocycles. The number of carbonyl (C=O) groups is 3. The zero-order chi connectivity index (χ0) is 19.4. The molecule has 1 atom stereocenters. The van der Waals surface area contributed by atoms with E-state index in [-0.39, 0.29) is 12.3 Å². The van der Waals surface area contributed by atoms with Gasteiger partial charge in [-0.2, -0.15) is 0 Å². The Hall–Kier alpha value is -3.22. The van der Waals surface area contributed by atoms with Crippen LogP contribution in [0.1, 0.15) is 41.2 Å². The molecule has 0 unspecified atom stereocenters. The van der Waals surface area contributed by atoms with Crippen LogP contribution in [0.4, 0.5) is 10.1 Å². The maximum atomic E-state index is 13.1. The van der Waals surface area contributed by atoms with Crippen molar-refractivity contribution >= 4 is 23.5 Å². The summed E-state index contributed by atoms with van der Waals surface area (Å²) in [4.78, 5) is 37.3. The Morgan fingerprint density at radius 2 is 1.93 bits per heavy atom. The zero-order valence-corrected chi connectivity index (χ0v) is 14.5. The fraction of sp³-hybridized carbons (Fsp3) is 0.250. The van der Waals surface area contributed by atoms with E-state index in [0.29, 0.717) is 29.8 Å². The summed E-state index contributed by atoms with van der Waals surface area (Å²) in [5.74, 6) is -1.97. The summed E-state index contributed by atoms with van der Waals surface area (Å²) in [6, 6.07) is 11.2. The van der Waals surface area contributed by atoms with Crippen LogP contribution in [-0.2, 0) is 9.59 Å². The van der Waals surface area contributed by atoms with Crippen molar-refractivity contribution in [1.82, 2.24) is 5.32 Å². The van der Waals surface area contributed by atoms with Crippen LogP contribution in [0.3, 0.4) is 0 Å². The lowest BCUT2D eigenvalue weighted by atomic mass is 10.0. The summed E-state index contributed by atoms with van der Waals surface area (Å²) in [5, 5.41) is 11.8. The molecule has 1 heterocycles. The van der Waals surface area contributed by atoms with Crippen molar-refractivity contribution in [2.45, 2.75) is 25.3 Å². The minimum Gasteiger partial charge on any atom is -0.481 e. The molecule has 1 saturated heterocycles. The molecule has 3 rings (SSSR count).